The molecule has 0 aromatic heterocycles. The second-order valence-corrected chi connectivity index (χ2v) is 4.89. The minimum absolute atomic E-state index is 0.154. The molecule has 0 aliphatic rings. The fraction of sp³-hybridized carbons (Fsp3) is 0.167. The van der Waals surface area contributed by atoms with Crippen LogP contribution in [-0.2, 0) is 11.3 Å². The molecule has 0 heterocycles. The first-order valence-corrected chi connectivity index (χ1v) is 6.94. The van der Waals surface area contributed by atoms with Crippen LogP contribution in [0, 0.1) is 12.7 Å². The van der Waals surface area contributed by atoms with Gasteiger partial charge in [0.05, 0.1) is 7.11 Å². The lowest BCUT2D eigenvalue weighted by Gasteiger charge is -2.06. The third kappa shape index (κ3) is 4.19. The number of methoxy groups -OCH3 is 1. The fourth-order valence-electron chi connectivity index (χ4n) is 2.03. The van der Waals surface area contributed by atoms with Crippen molar-refractivity contribution in [2.24, 2.45) is 0 Å². The van der Waals surface area contributed by atoms with E-state index in [2.05, 4.69) is 5.32 Å². The molecule has 0 radical (unpaired) electrons. The van der Waals surface area contributed by atoms with Crippen molar-refractivity contribution in [2.75, 3.05) is 7.11 Å². The van der Waals surface area contributed by atoms with Crippen molar-refractivity contribution in [3.05, 3.63) is 71.0 Å². The zero-order chi connectivity index (χ0) is 15.9. The Morgan fingerprint density at radius 1 is 1.27 bits per heavy atom. The largest absolute Gasteiger partial charge is 0.496 e. The molecule has 3 nitrogen and oxygen atoms in total. The molecule has 0 fully saturated rings. The second kappa shape index (κ2) is 7.41. The lowest BCUT2D eigenvalue weighted by atomic mass is 10.1. The monoisotopic (exact) mass is 299 g/mol. The van der Waals surface area contributed by atoms with Crippen LogP contribution in [0.25, 0.3) is 6.08 Å². The standard InChI is InChI=1S/C18H18FNO2/c1-13-7-9-17(22-2)14(11-13)8-10-18(21)20-12-15-5-3-4-6-16(15)19/h3-11H,12H2,1-2H3,(H,20,21). The summed E-state index contributed by atoms with van der Waals surface area (Å²) in [5.41, 5.74) is 2.35. The van der Waals surface area contributed by atoms with Crippen molar-refractivity contribution in [2.45, 2.75) is 13.5 Å². The summed E-state index contributed by atoms with van der Waals surface area (Å²) >= 11 is 0. The van der Waals surface area contributed by atoms with Crippen LogP contribution in [0.3, 0.4) is 0 Å². The SMILES string of the molecule is COc1ccc(C)cc1C=CC(=O)NCc1ccccc1F. The first-order chi connectivity index (χ1) is 10.6. The van der Waals surface area contributed by atoms with Crippen molar-refractivity contribution in [1.29, 1.82) is 0 Å². The number of hydrogen-bond acceptors (Lipinski definition) is 2. The predicted octanol–water partition coefficient (Wildman–Crippen LogP) is 3.47. The van der Waals surface area contributed by atoms with Crippen LogP contribution >= 0.6 is 0 Å². The lowest BCUT2D eigenvalue weighted by molar-refractivity contribution is -0.116. The molecule has 1 N–H and O–H groups in total. The van der Waals surface area contributed by atoms with E-state index in [-0.39, 0.29) is 18.3 Å². The molecule has 0 atom stereocenters. The van der Waals surface area contributed by atoms with Crippen LogP contribution in [0.4, 0.5) is 4.39 Å². The highest BCUT2D eigenvalue weighted by Crippen LogP contribution is 2.20. The van der Waals surface area contributed by atoms with E-state index in [0.29, 0.717) is 11.3 Å². The third-order valence-electron chi connectivity index (χ3n) is 3.21. The Labute approximate surface area is 129 Å². The number of nitrogens with one attached hydrogen (secondary N) is 1. The smallest absolute Gasteiger partial charge is 0.244 e. The molecule has 0 spiro atoms. The van der Waals surface area contributed by atoms with E-state index in [9.17, 15) is 9.18 Å². The normalized spacial score (nSPS) is 10.7. The topological polar surface area (TPSA) is 38.3 Å². The Morgan fingerprint density at radius 3 is 2.77 bits per heavy atom. The van der Waals surface area contributed by atoms with Gasteiger partial charge in [0.15, 0.2) is 0 Å². The van der Waals surface area contributed by atoms with E-state index in [1.54, 1.807) is 31.4 Å². The van der Waals surface area contributed by atoms with Gasteiger partial charge in [-0.2, -0.15) is 0 Å². The fourth-order valence-corrected chi connectivity index (χ4v) is 2.03. The maximum absolute atomic E-state index is 13.4. The molecular formula is C18H18FNO2. The second-order valence-electron chi connectivity index (χ2n) is 4.89. The van der Waals surface area contributed by atoms with E-state index < -0.39 is 0 Å². The number of aryl methyl sites for hydroxylation is 1. The number of amides is 1. The quantitative estimate of drug-likeness (QED) is 0.859. The Hall–Kier alpha value is -2.62. The van der Waals surface area contributed by atoms with E-state index in [0.717, 1.165) is 11.1 Å². The van der Waals surface area contributed by atoms with Gasteiger partial charge in [0.1, 0.15) is 11.6 Å². The van der Waals surface area contributed by atoms with Crippen LogP contribution in [0.1, 0.15) is 16.7 Å². The summed E-state index contributed by atoms with van der Waals surface area (Å²) in [5, 5.41) is 2.66. The number of rotatable bonds is 5. The molecule has 0 saturated carbocycles. The maximum Gasteiger partial charge on any atom is 0.244 e. The van der Waals surface area contributed by atoms with Crippen LogP contribution in [0.2, 0.25) is 0 Å². The van der Waals surface area contributed by atoms with Gasteiger partial charge in [0, 0.05) is 23.7 Å². The van der Waals surface area contributed by atoms with Gasteiger partial charge in [-0.3, -0.25) is 4.79 Å². The Balaban J connectivity index is 2.00. The molecule has 114 valence electrons. The van der Waals surface area contributed by atoms with Gasteiger partial charge in [-0.15, -0.1) is 0 Å². The number of benzene rings is 2. The summed E-state index contributed by atoms with van der Waals surface area (Å²) in [6.45, 7) is 2.12. The minimum Gasteiger partial charge on any atom is -0.496 e. The average molecular weight is 299 g/mol. The Morgan fingerprint density at radius 2 is 2.05 bits per heavy atom. The lowest BCUT2D eigenvalue weighted by Crippen LogP contribution is -2.20. The number of halogens is 1. The van der Waals surface area contributed by atoms with Crippen LogP contribution in [-0.4, -0.2) is 13.0 Å². The first kappa shape index (κ1) is 15.8. The van der Waals surface area contributed by atoms with E-state index in [1.165, 1.54) is 12.1 Å². The Bertz CT molecular complexity index is 695. The van der Waals surface area contributed by atoms with E-state index in [4.69, 9.17) is 4.74 Å². The summed E-state index contributed by atoms with van der Waals surface area (Å²) in [6.07, 6.45) is 3.10. The number of hydrogen-bond donors (Lipinski definition) is 1. The predicted molar refractivity (Wildman–Crippen MR) is 85.0 cm³/mol. The van der Waals surface area contributed by atoms with Gasteiger partial charge in [0.25, 0.3) is 0 Å². The van der Waals surface area contributed by atoms with Gasteiger partial charge < -0.3 is 10.1 Å². The maximum atomic E-state index is 13.4. The average Bonchev–Trinajstić information content (AvgIpc) is 2.52. The Kier molecular flexibility index (Phi) is 5.31. The first-order valence-electron chi connectivity index (χ1n) is 6.94. The van der Waals surface area contributed by atoms with Gasteiger partial charge in [-0.25, -0.2) is 4.39 Å². The minimum atomic E-state index is -0.327. The summed E-state index contributed by atoms with van der Waals surface area (Å²) < 4.78 is 18.7. The molecule has 0 bridgehead atoms. The number of carbonyl (C=O) groups is 1. The zero-order valence-electron chi connectivity index (χ0n) is 12.6. The molecular weight excluding hydrogens is 281 g/mol. The van der Waals surface area contributed by atoms with E-state index >= 15 is 0 Å². The highest BCUT2D eigenvalue weighted by Gasteiger charge is 2.03. The van der Waals surface area contributed by atoms with Gasteiger partial charge in [-0.05, 0) is 31.2 Å². The molecule has 22 heavy (non-hydrogen) atoms. The van der Waals surface area contributed by atoms with Crippen LogP contribution in [0.5, 0.6) is 5.75 Å². The van der Waals surface area contributed by atoms with Crippen molar-refractivity contribution in [1.82, 2.24) is 5.32 Å². The van der Waals surface area contributed by atoms with E-state index in [1.807, 2.05) is 25.1 Å². The van der Waals surface area contributed by atoms with Gasteiger partial charge in [0.2, 0.25) is 5.91 Å². The van der Waals surface area contributed by atoms with Crippen molar-refractivity contribution in [3.8, 4) is 5.75 Å². The molecule has 2 aromatic carbocycles. The van der Waals surface area contributed by atoms with Crippen molar-refractivity contribution < 1.29 is 13.9 Å². The number of ether oxygens (including phenoxy) is 1. The zero-order valence-corrected chi connectivity index (χ0v) is 12.6. The van der Waals surface area contributed by atoms with Gasteiger partial charge >= 0.3 is 0 Å². The molecule has 4 heteroatoms. The van der Waals surface area contributed by atoms with Crippen molar-refractivity contribution in [3.63, 3.8) is 0 Å². The summed E-state index contributed by atoms with van der Waals surface area (Å²) in [5.74, 6) is 0.0858. The molecule has 2 aromatic rings. The van der Waals surface area contributed by atoms with Gasteiger partial charge in [-0.1, -0.05) is 29.8 Å². The molecule has 0 aliphatic carbocycles. The summed E-state index contributed by atoms with van der Waals surface area (Å²) in [6, 6.07) is 12.1. The number of carbonyl (C=O) groups excluding carboxylic acids is 1. The van der Waals surface area contributed by atoms with Crippen molar-refractivity contribution >= 4 is 12.0 Å². The highest BCUT2D eigenvalue weighted by molar-refractivity contribution is 5.92. The molecule has 0 unspecified atom stereocenters. The third-order valence-corrected chi connectivity index (χ3v) is 3.21. The van der Waals surface area contributed by atoms with Crippen LogP contribution in [0.15, 0.2) is 48.5 Å². The summed E-state index contributed by atoms with van der Waals surface area (Å²) in [7, 11) is 1.58. The molecule has 0 saturated heterocycles. The molecule has 0 aliphatic heterocycles. The molecule has 1 amide bonds. The summed E-state index contributed by atoms with van der Waals surface area (Å²) in [4.78, 5) is 11.8. The van der Waals surface area contributed by atoms with Crippen LogP contribution < -0.4 is 10.1 Å². The highest BCUT2D eigenvalue weighted by atomic mass is 19.1. The molecule has 2 rings (SSSR count).